The third-order valence-corrected chi connectivity index (χ3v) is 5.13. The molecule has 0 bridgehead atoms. The van der Waals surface area contributed by atoms with Gasteiger partial charge in [-0.3, -0.25) is 0 Å². The van der Waals surface area contributed by atoms with E-state index in [0.717, 1.165) is 49.8 Å². The number of rotatable bonds is 5. The monoisotopic (exact) mass is 327 g/mol. The first-order valence-corrected chi connectivity index (χ1v) is 8.66. The van der Waals surface area contributed by atoms with Gasteiger partial charge in [0.15, 0.2) is 0 Å². The summed E-state index contributed by atoms with van der Waals surface area (Å²) in [6.45, 7) is 2.23. The van der Waals surface area contributed by atoms with Crippen molar-refractivity contribution < 1.29 is 9.13 Å². The molecule has 0 unspecified atom stereocenters. The van der Waals surface area contributed by atoms with E-state index in [1.807, 2.05) is 24.4 Å². The molecule has 126 valence electrons. The summed E-state index contributed by atoms with van der Waals surface area (Å²) in [5.41, 5.74) is 1.12. The lowest BCUT2D eigenvalue weighted by Gasteiger charge is -2.38. The van der Waals surface area contributed by atoms with Gasteiger partial charge in [0.2, 0.25) is 0 Å². The molecule has 1 saturated heterocycles. The first-order valence-electron chi connectivity index (χ1n) is 8.66. The van der Waals surface area contributed by atoms with Crippen molar-refractivity contribution in [2.75, 3.05) is 25.1 Å². The predicted octanol–water partition coefficient (Wildman–Crippen LogP) is 3.65. The van der Waals surface area contributed by atoms with Crippen molar-refractivity contribution in [1.29, 1.82) is 0 Å². The molecule has 2 heterocycles. The topological polar surface area (TPSA) is 47.0 Å². The Morgan fingerprint density at radius 2 is 1.88 bits per heavy atom. The number of hydrogen-bond acceptors (Lipinski definition) is 4. The van der Waals surface area contributed by atoms with Crippen LogP contribution < -0.4 is 5.32 Å². The summed E-state index contributed by atoms with van der Waals surface area (Å²) in [7, 11) is 0. The number of ether oxygens (including phenoxy) is 1. The minimum Gasteiger partial charge on any atom is -0.381 e. The average Bonchev–Trinajstić information content (AvgIpc) is 3.47. The Hall–Kier alpha value is -2.01. The van der Waals surface area contributed by atoms with Crippen LogP contribution >= 0.6 is 0 Å². The smallest absolute Gasteiger partial charge is 0.133 e. The molecule has 1 aromatic heterocycles. The maximum absolute atomic E-state index is 13.3. The van der Waals surface area contributed by atoms with E-state index in [9.17, 15) is 4.39 Å². The van der Waals surface area contributed by atoms with Gasteiger partial charge in [0.25, 0.3) is 0 Å². The van der Waals surface area contributed by atoms with Crippen molar-refractivity contribution in [2.45, 2.75) is 37.0 Å². The average molecular weight is 327 g/mol. The molecule has 2 aromatic rings. The van der Waals surface area contributed by atoms with Gasteiger partial charge >= 0.3 is 0 Å². The van der Waals surface area contributed by atoms with E-state index < -0.39 is 0 Å². The molecule has 1 saturated carbocycles. The van der Waals surface area contributed by atoms with Crippen LogP contribution in [0.5, 0.6) is 0 Å². The fourth-order valence-electron chi connectivity index (χ4n) is 3.40. The van der Waals surface area contributed by atoms with Crippen LogP contribution in [0, 0.1) is 5.82 Å². The predicted molar refractivity (Wildman–Crippen MR) is 90.6 cm³/mol. The van der Waals surface area contributed by atoms with Gasteiger partial charge in [0.05, 0.1) is 0 Å². The molecular formula is C19H22FN3O. The summed E-state index contributed by atoms with van der Waals surface area (Å²) < 4.78 is 18.9. The molecule has 5 heteroatoms. The molecule has 2 fully saturated rings. The molecule has 0 spiro atoms. The van der Waals surface area contributed by atoms with E-state index in [1.54, 1.807) is 12.1 Å². The van der Waals surface area contributed by atoms with E-state index in [2.05, 4.69) is 15.3 Å². The van der Waals surface area contributed by atoms with Crippen LogP contribution in [0.25, 0.3) is 0 Å². The van der Waals surface area contributed by atoms with Gasteiger partial charge in [-0.2, -0.15) is 0 Å². The van der Waals surface area contributed by atoms with Gasteiger partial charge in [-0.1, -0.05) is 12.1 Å². The van der Waals surface area contributed by atoms with Crippen molar-refractivity contribution >= 4 is 5.82 Å². The van der Waals surface area contributed by atoms with Gasteiger partial charge in [-0.25, -0.2) is 14.4 Å². The maximum Gasteiger partial charge on any atom is 0.133 e. The number of aromatic nitrogens is 2. The molecule has 1 aliphatic heterocycles. The number of hydrogen-bond donors (Lipinski definition) is 1. The molecule has 0 atom stereocenters. The van der Waals surface area contributed by atoms with E-state index in [0.29, 0.717) is 5.92 Å². The number of benzene rings is 1. The van der Waals surface area contributed by atoms with Crippen LogP contribution in [-0.4, -0.2) is 29.7 Å². The summed E-state index contributed by atoms with van der Waals surface area (Å²) in [5, 5.41) is 3.49. The highest BCUT2D eigenvalue weighted by atomic mass is 19.1. The van der Waals surface area contributed by atoms with Crippen LogP contribution in [0.1, 0.15) is 43.0 Å². The van der Waals surface area contributed by atoms with Crippen LogP contribution in [0.4, 0.5) is 10.2 Å². The SMILES string of the molecule is Fc1ccc(C2(CNc3ccnc(C4CC4)n3)CCOCC2)cc1. The lowest BCUT2D eigenvalue weighted by atomic mass is 9.74. The van der Waals surface area contributed by atoms with Crippen LogP contribution in [0.15, 0.2) is 36.5 Å². The summed E-state index contributed by atoms with van der Waals surface area (Å²) in [4.78, 5) is 9.01. The van der Waals surface area contributed by atoms with Crippen LogP contribution in [0.2, 0.25) is 0 Å². The van der Waals surface area contributed by atoms with Crippen molar-refractivity contribution in [2.24, 2.45) is 0 Å². The Labute approximate surface area is 141 Å². The Morgan fingerprint density at radius 1 is 1.12 bits per heavy atom. The normalized spacial score (nSPS) is 19.9. The number of nitrogens with one attached hydrogen (secondary N) is 1. The zero-order valence-corrected chi connectivity index (χ0v) is 13.7. The molecule has 4 rings (SSSR count). The van der Waals surface area contributed by atoms with Crippen LogP contribution in [0.3, 0.4) is 0 Å². The molecule has 1 N–H and O–H groups in total. The van der Waals surface area contributed by atoms with Crippen molar-refractivity contribution in [1.82, 2.24) is 9.97 Å². The number of anilines is 1. The molecule has 0 radical (unpaired) electrons. The Balaban J connectivity index is 1.53. The molecule has 1 aliphatic carbocycles. The van der Waals surface area contributed by atoms with E-state index in [-0.39, 0.29) is 11.2 Å². The molecule has 4 nitrogen and oxygen atoms in total. The highest BCUT2D eigenvalue weighted by molar-refractivity contribution is 5.37. The van der Waals surface area contributed by atoms with Gasteiger partial charge in [0, 0.05) is 37.3 Å². The highest BCUT2D eigenvalue weighted by Crippen LogP contribution is 2.38. The first kappa shape index (κ1) is 15.5. The minimum atomic E-state index is -0.196. The number of halogens is 1. The second kappa shape index (κ2) is 6.48. The fraction of sp³-hybridized carbons (Fsp3) is 0.474. The summed E-state index contributed by atoms with van der Waals surface area (Å²) in [5.74, 6) is 2.17. The summed E-state index contributed by atoms with van der Waals surface area (Å²) in [6, 6.07) is 8.81. The fourth-order valence-corrected chi connectivity index (χ4v) is 3.40. The number of nitrogens with zero attached hydrogens (tertiary/aromatic N) is 2. The van der Waals surface area contributed by atoms with Gasteiger partial charge in [-0.15, -0.1) is 0 Å². The van der Waals surface area contributed by atoms with E-state index in [4.69, 9.17) is 4.74 Å². The second-order valence-electron chi connectivity index (χ2n) is 6.83. The van der Waals surface area contributed by atoms with Crippen molar-refractivity contribution in [3.63, 3.8) is 0 Å². The first-order chi connectivity index (χ1) is 11.8. The summed E-state index contributed by atoms with van der Waals surface area (Å²) in [6.07, 6.45) is 6.07. The lowest BCUT2D eigenvalue weighted by molar-refractivity contribution is 0.0543. The third-order valence-electron chi connectivity index (χ3n) is 5.13. The van der Waals surface area contributed by atoms with Gasteiger partial charge in [0.1, 0.15) is 17.5 Å². The highest BCUT2D eigenvalue weighted by Gasteiger charge is 2.34. The quantitative estimate of drug-likeness (QED) is 0.910. The molecule has 24 heavy (non-hydrogen) atoms. The van der Waals surface area contributed by atoms with Crippen LogP contribution in [-0.2, 0) is 10.2 Å². The minimum absolute atomic E-state index is 0.0450. The van der Waals surface area contributed by atoms with E-state index in [1.165, 1.54) is 12.8 Å². The molecule has 1 aromatic carbocycles. The Kier molecular flexibility index (Phi) is 4.19. The molecular weight excluding hydrogens is 305 g/mol. The van der Waals surface area contributed by atoms with Crippen molar-refractivity contribution in [3.8, 4) is 0 Å². The standard InChI is InChI=1S/C19H22FN3O/c20-16-5-3-15(4-6-16)19(8-11-24-12-9-19)13-22-17-7-10-21-18(23-17)14-1-2-14/h3-7,10,14H,1-2,8-9,11-13H2,(H,21,22,23). The van der Waals surface area contributed by atoms with Gasteiger partial charge < -0.3 is 10.1 Å². The molecule has 2 aliphatic rings. The zero-order valence-electron chi connectivity index (χ0n) is 13.7. The Bertz CT molecular complexity index is 694. The van der Waals surface area contributed by atoms with E-state index >= 15 is 0 Å². The van der Waals surface area contributed by atoms with Gasteiger partial charge in [-0.05, 0) is 49.4 Å². The lowest BCUT2D eigenvalue weighted by Crippen LogP contribution is -2.40. The summed E-state index contributed by atoms with van der Waals surface area (Å²) >= 11 is 0. The largest absolute Gasteiger partial charge is 0.381 e. The Morgan fingerprint density at radius 3 is 2.58 bits per heavy atom. The zero-order chi connectivity index (χ0) is 16.4. The van der Waals surface area contributed by atoms with Crippen molar-refractivity contribution in [3.05, 3.63) is 53.7 Å². The maximum atomic E-state index is 13.3. The third kappa shape index (κ3) is 3.26. The second-order valence-corrected chi connectivity index (χ2v) is 6.83. The molecule has 0 amide bonds.